The van der Waals surface area contributed by atoms with Crippen molar-refractivity contribution in [1.82, 2.24) is 5.48 Å². The lowest BCUT2D eigenvalue weighted by atomic mass is 10.0. The van der Waals surface area contributed by atoms with E-state index in [9.17, 15) is 0 Å². The Kier molecular flexibility index (Phi) is 1.98. The smallest absolute Gasteiger partial charge is 0.124 e. The van der Waals surface area contributed by atoms with E-state index in [-0.39, 0.29) is 6.04 Å². The van der Waals surface area contributed by atoms with Gasteiger partial charge in [-0.25, -0.2) is 0 Å². The molecule has 2 rings (SSSR count). The maximum Gasteiger partial charge on any atom is 0.124 e. The van der Waals surface area contributed by atoms with Gasteiger partial charge < -0.3 is 9.94 Å². The Labute approximate surface area is 70.9 Å². The third kappa shape index (κ3) is 1.17. The van der Waals surface area contributed by atoms with Crippen molar-refractivity contribution in [2.45, 2.75) is 12.5 Å². The Bertz CT molecular complexity index is 275. The fourth-order valence-electron chi connectivity index (χ4n) is 1.48. The van der Waals surface area contributed by atoms with Crippen molar-refractivity contribution in [3.8, 4) is 5.75 Å². The normalized spacial score (nSPS) is 21.2. The molecule has 0 saturated carbocycles. The molecule has 1 aliphatic heterocycles. The molecule has 1 aliphatic rings. The summed E-state index contributed by atoms with van der Waals surface area (Å²) in [6, 6.07) is 7.77. The van der Waals surface area contributed by atoms with Crippen molar-refractivity contribution >= 4 is 0 Å². The molecule has 0 spiro atoms. The van der Waals surface area contributed by atoms with Crippen LogP contribution in [0.1, 0.15) is 18.0 Å². The highest BCUT2D eigenvalue weighted by atomic mass is 16.5. The highest BCUT2D eigenvalue weighted by Crippen LogP contribution is 2.30. The van der Waals surface area contributed by atoms with Gasteiger partial charge in [0.05, 0.1) is 12.6 Å². The van der Waals surface area contributed by atoms with E-state index in [1.54, 1.807) is 0 Å². The summed E-state index contributed by atoms with van der Waals surface area (Å²) in [7, 11) is 0. The second kappa shape index (κ2) is 3.13. The van der Waals surface area contributed by atoms with E-state index in [0.29, 0.717) is 6.61 Å². The Morgan fingerprint density at radius 1 is 1.42 bits per heavy atom. The van der Waals surface area contributed by atoms with Crippen LogP contribution >= 0.6 is 0 Å². The zero-order chi connectivity index (χ0) is 8.39. The van der Waals surface area contributed by atoms with Gasteiger partial charge in [-0.05, 0) is 6.07 Å². The lowest BCUT2D eigenvalue weighted by Crippen LogP contribution is -2.24. The van der Waals surface area contributed by atoms with Crippen LogP contribution in [0.15, 0.2) is 24.3 Å². The highest BCUT2D eigenvalue weighted by Gasteiger charge is 2.19. The molecule has 3 nitrogen and oxygen atoms in total. The van der Waals surface area contributed by atoms with Crippen molar-refractivity contribution in [3.05, 3.63) is 29.8 Å². The van der Waals surface area contributed by atoms with Crippen LogP contribution in [0, 0.1) is 0 Å². The van der Waals surface area contributed by atoms with Crippen molar-refractivity contribution < 1.29 is 9.94 Å². The Balaban J connectivity index is 2.37. The molecule has 1 aromatic carbocycles. The first-order chi connectivity index (χ1) is 5.92. The van der Waals surface area contributed by atoms with Crippen LogP contribution < -0.4 is 10.2 Å². The molecule has 1 aromatic rings. The monoisotopic (exact) mass is 165 g/mol. The topological polar surface area (TPSA) is 41.5 Å². The molecule has 1 heterocycles. The minimum absolute atomic E-state index is 0.0231. The van der Waals surface area contributed by atoms with Crippen LogP contribution in [0.25, 0.3) is 0 Å². The van der Waals surface area contributed by atoms with Gasteiger partial charge in [-0.2, -0.15) is 5.48 Å². The number of nitrogens with one attached hydrogen (secondary N) is 1. The minimum atomic E-state index is 0.0231. The summed E-state index contributed by atoms with van der Waals surface area (Å²) in [6.07, 6.45) is 0.813. The summed E-state index contributed by atoms with van der Waals surface area (Å²) in [4.78, 5) is 0. The van der Waals surface area contributed by atoms with Gasteiger partial charge >= 0.3 is 0 Å². The molecular weight excluding hydrogens is 154 g/mol. The van der Waals surface area contributed by atoms with Crippen LogP contribution in [0.4, 0.5) is 0 Å². The summed E-state index contributed by atoms with van der Waals surface area (Å²) in [5, 5.41) is 8.83. The van der Waals surface area contributed by atoms with Crippen molar-refractivity contribution in [1.29, 1.82) is 0 Å². The fourth-order valence-corrected chi connectivity index (χ4v) is 1.48. The van der Waals surface area contributed by atoms with Crippen LogP contribution in [-0.2, 0) is 0 Å². The van der Waals surface area contributed by atoms with E-state index < -0.39 is 0 Å². The van der Waals surface area contributed by atoms with Gasteiger partial charge in [-0.3, -0.25) is 0 Å². The van der Waals surface area contributed by atoms with Crippen molar-refractivity contribution in [2.75, 3.05) is 6.61 Å². The zero-order valence-electron chi connectivity index (χ0n) is 6.66. The Morgan fingerprint density at radius 3 is 3.08 bits per heavy atom. The number of ether oxygens (including phenoxy) is 1. The SMILES string of the molecule is ONC1CCOc2ccccc21. The standard InChI is InChI=1S/C9H11NO2/c11-10-8-5-6-12-9-4-2-1-3-7(8)9/h1-4,8,10-11H,5-6H2. The summed E-state index contributed by atoms with van der Waals surface area (Å²) >= 11 is 0. The first-order valence-corrected chi connectivity index (χ1v) is 4.03. The number of para-hydroxylation sites is 1. The van der Waals surface area contributed by atoms with Crippen LogP contribution in [0.3, 0.4) is 0 Å². The van der Waals surface area contributed by atoms with Gasteiger partial charge in [-0.15, -0.1) is 0 Å². The lowest BCUT2D eigenvalue weighted by Gasteiger charge is -2.24. The molecule has 0 aromatic heterocycles. The van der Waals surface area contributed by atoms with E-state index in [1.165, 1.54) is 0 Å². The number of hydrogen-bond acceptors (Lipinski definition) is 3. The molecular formula is C9H11NO2. The average molecular weight is 165 g/mol. The number of rotatable bonds is 1. The summed E-state index contributed by atoms with van der Waals surface area (Å²) < 4.78 is 5.40. The molecule has 12 heavy (non-hydrogen) atoms. The molecule has 64 valence electrons. The largest absolute Gasteiger partial charge is 0.493 e. The van der Waals surface area contributed by atoms with Gasteiger partial charge in [0.25, 0.3) is 0 Å². The molecule has 1 atom stereocenters. The highest BCUT2D eigenvalue weighted by molar-refractivity contribution is 5.37. The number of hydroxylamine groups is 1. The fraction of sp³-hybridized carbons (Fsp3) is 0.333. The third-order valence-corrected chi connectivity index (χ3v) is 2.11. The number of fused-ring (bicyclic) bond motifs is 1. The zero-order valence-corrected chi connectivity index (χ0v) is 6.66. The second-order valence-electron chi connectivity index (χ2n) is 2.86. The molecule has 2 N–H and O–H groups in total. The van der Waals surface area contributed by atoms with E-state index in [4.69, 9.17) is 9.94 Å². The number of hydrogen-bond donors (Lipinski definition) is 2. The summed E-state index contributed by atoms with van der Waals surface area (Å²) in [6.45, 7) is 0.662. The molecule has 1 unspecified atom stereocenters. The van der Waals surface area contributed by atoms with E-state index in [0.717, 1.165) is 17.7 Å². The van der Waals surface area contributed by atoms with Crippen LogP contribution in [-0.4, -0.2) is 11.8 Å². The minimum Gasteiger partial charge on any atom is -0.493 e. The predicted octanol–water partition coefficient (Wildman–Crippen LogP) is 1.49. The average Bonchev–Trinajstić information content (AvgIpc) is 2.17. The van der Waals surface area contributed by atoms with Gasteiger partial charge in [0.15, 0.2) is 0 Å². The van der Waals surface area contributed by atoms with Crippen molar-refractivity contribution in [3.63, 3.8) is 0 Å². The molecule has 0 aliphatic carbocycles. The summed E-state index contributed by atoms with van der Waals surface area (Å²) in [5.41, 5.74) is 3.31. The van der Waals surface area contributed by atoms with Crippen LogP contribution in [0.5, 0.6) is 5.75 Å². The van der Waals surface area contributed by atoms with Crippen LogP contribution in [0.2, 0.25) is 0 Å². The molecule has 0 radical (unpaired) electrons. The maximum atomic E-state index is 8.83. The lowest BCUT2D eigenvalue weighted by molar-refractivity contribution is 0.101. The molecule has 0 bridgehead atoms. The number of benzene rings is 1. The first-order valence-electron chi connectivity index (χ1n) is 4.03. The molecule has 3 heteroatoms. The third-order valence-electron chi connectivity index (χ3n) is 2.11. The van der Waals surface area contributed by atoms with Gasteiger partial charge in [0.1, 0.15) is 5.75 Å². The van der Waals surface area contributed by atoms with E-state index in [1.807, 2.05) is 24.3 Å². The Hall–Kier alpha value is -1.06. The second-order valence-corrected chi connectivity index (χ2v) is 2.86. The first kappa shape index (κ1) is 7.58. The Morgan fingerprint density at radius 2 is 2.25 bits per heavy atom. The predicted molar refractivity (Wildman–Crippen MR) is 44.2 cm³/mol. The quantitative estimate of drug-likeness (QED) is 0.619. The van der Waals surface area contributed by atoms with E-state index in [2.05, 4.69) is 5.48 Å². The van der Waals surface area contributed by atoms with Gasteiger partial charge in [-0.1, -0.05) is 18.2 Å². The van der Waals surface area contributed by atoms with E-state index >= 15 is 0 Å². The van der Waals surface area contributed by atoms with Crippen molar-refractivity contribution in [2.24, 2.45) is 0 Å². The molecule has 0 saturated heterocycles. The maximum absolute atomic E-state index is 8.83. The molecule has 0 amide bonds. The molecule has 0 fully saturated rings. The van der Waals surface area contributed by atoms with Gasteiger partial charge in [0.2, 0.25) is 0 Å². The summed E-state index contributed by atoms with van der Waals surface area (Å²) in [5.74, 6) is 0.871. The van der Waals surface area contributed by atoms with Gasteiger partial charge in [0, 0.05) is 12.0 Å².